The molecule has 6 heteroatoms. The Kier molecular flexibility index (Phi) is 3.90. The summed E-state index contributed by atoms with van der Waals surface area (Å²) in [6.45, 7) is -0.943. The van der Waals surface area contributed by atoms with Gasteiger partial charge in [0.25, 0.3) is 0 Å². The van der Waals surface area contributed by atoms with Crippen LogP contribution in [0.4, 0.5) is 13.2 Å². The van der Waals surface area contributed by atoms with Gasteiger partial charge in [0.1, 0.15) is 0 Å². The molecule has 84 valence electrons. The number of pyridine rings is 1. The Balaban J connectivity index is 2.50. The summed E-state index contributed by atoms with van der Waals surface area (Å²) < 4.78 is 40.4. The minimum absolute atomic E-state index is 0.0799. The van der Waals surface area contributed by atoms with Crippen molar-refractivity contribution in [1.29, 1.82) is 0 Å². The zero-order chi connectivity index (χ0) is 11.3. The molecule has 15 heavy (non-hydrogen) atoms. The molecule has 0 fully saturated rings. The van der Waals surface area contributed by atoms with Gasteiger partial charge in [-0.05, 0) is 6.07 Å². The fraction of sp³-hybridized carbons (Fsp3) is 0.444. The van der Waals surface area contributed by atoms with Crippen LogP contribution >= 0.6 is 0 Å². The molecular formula is C9H11F3N2O. The van der Waals surface area contributed by atoms with Crippen LogP contribution in [0.25, 0.3) is 0 Å². The minimum Gasteiger partial charge on any atom is -0.481 e. The standard InChI is InChI=1S/C9H11F3N2O/c1-15-8-7(3-2-4-14-8)5-13-6-9(10,11)12/h2-4,13H,5-6H2,1H3. The van der Waals surface area contributed by atoms with Crippen molar-refractivity contribution in [1.82, 2.24) is 10.3 Å². The maximum absolute atomic E-state index is 11.8. The second-order valence-corrected chi connectivity index (χ2v) is 2.89. The number of methoxy groups -OCH3 is 1. The smallest absolute Gasteiger partial charge is 0.401 e. The first-order valence-electron chi connectivity index (χ1n) is 4.28. The van der Waals surface area contributed by atoms with Crippen molar-refractivity contribution in [2.75, 3.05) is 13.7 Å². The SMILES string of the molecule is COc1ncccc1CNCC(F)(F)F. The number of hydrogen-bond donors (Lipinski definition) is 1. The lowest BCUT2D eigenvalue weighted by Crippen LogP contribution is -2.28. The molecule has 0 aromatic carbocycles. The van der Waals surface area contributed by atoms with E-state index in [9.17, 15) is 13.2 Å². The minimum atomic E-state index is -4.20. The number of nitrogens with zero attached hydrogens (tertiary/aromatic N) is 1. The Hall–Kier alpha value is -1.30. The Morgan fingerprint density at radius 2 is 2.20 bits per heavy atom. The molecule has 1 rings (SSSR count). The van der Waals surface area contributed by atoms with Crippen molar-refractivity contribution >= 4 is 0 Å². The number of ether oxygens (including phenoxy) is 1. The first-order valence-corrected chi connectivity index (χ1v) is 4.28. The van der Waals surface area contributed by atoms with E-state index in [1.54, 1.807) is 12.1 Å². The van der Waals surface area contributed by atoms with Crippen LogP contribution in [0.3, 0.4) is 0 Å². The molecule has 1 aromatic heterocycles. The topological polar surface area (TPSA) is 34.1 Å². The Morgan fingerprint density at radius 1 is 1.47 bits per heavy atom. The summed E-state index contributed by atoms with van der Waals surface area (Å²) in [6.07, 6.45) is -2.68. The molecule has 0 atom stereocenters. The molecule has 0 bridgehead atoms. The van der Waals surface area contributed by atoms with Gasteiger partial charge >= 0.3 is 6.18 Å². The number of hydrogen-bond acceptors (Lipinski definition) is 3. The third-order valence-electron chi connectivity index (χ3n) is 1.68. The molecule has 0 saturated heterocycles. The van der Waals surface area contributed by atoms with Gasteiger partial charge in [-0.25, -0.2) is 4.98 Å². The van der Waals surface area contributed by atoms with Gasteiger partial charge in [0.05, 0.1) is 13.7 Å². The summed E-state index contributed by atoms with van der Waals surface area (Å²) >= 11 is 0. The van der Waals surface area contributed by atoms with Crippen molar-refractivity contribution in [3.05, 3.63) is 23.9 Å². The Labute approximate surface area is 85.3 Å². The molecule has 1 heterocycles. The highest BCUT2D eigenvalue weighted by Gasteiger charge is 2.26. The van der Waals surface area contributed by atoms with Crippen LogP contribution in [0.1, 0.15) is 5.56 Å². The predicted octanol–water partition coefficient (Wildman–Crippen LogP) is 1.74. The number of rotatable bonds is 4. The fourth-order valence-corrected chi connectivity index (χ4v) is 1.08. The molecule has 0 spiro atoms. The van der Waals surface area contributed by atoms with Crippen molar-refractivity contribution < 1.29 is 17.9 Å². The summed E-state index contributed by atoms with van der Waals surface area (Å²) in [4.78, 5) is 3.87. The normalized spacial score (nSPS) is 11.5. The van der Waals surface area contributed by atoms with Gasteiger partial charge in [0.15, 0.2) is 0 Å². The maximum atomic E-state index is 11.8. The van der Waals surface area contributed by atoms with E-state index in [-0.39, 0.29) is 6.54 Å². The van der Waals surface area contributed by atoms with Crippen LogP contribution in [0, 0.1) is 0 Å². The van der Waals surface area contributed by atoms with E-state index >= 15 is 0 Å². The van der Waals surface area contributed by atoms with Gasteiger partial charge in [0, 0.05) is 18.3 Å². The van der Waals surface area contributed by atoms with Crippen LogP contribution in [0.15, 0.2) is 18.3 Å². The first kappa shape index (κ1) is 11.8. The van der Waals surface area contributed by atoms with Gasteiger partial charge in [-0.2, -0.15) is 13.2 Å². The molecule has 0 unspecified atom stereocenters. The van der Waals surface area contributed by atoms with Crippen molar-refractivity contribution in [2.45, 2.75) is 12.7 Å². The van der Waals surface area contributed by atoms with E-state index in [0.717, 1.165) is 0 Å². The lowest BCUT2D eigenvalue weighted by atomic mass is 10.2. The predicted molar refractivity (Wildman–Crippen MR) is 48.6 cm³/mol. The summed E-state index contributed by atoms with van der Waals surface area (Å²) in [7, 11) is 1.43. The molecule has 0 amide bonds. The van der Waals surface area contributed by atoms with Gasteiger partial charge in [-0.1, -0.05) is 6.07 Å². The highest BCUT2D eigenvalue weighted by Crippen LogP contribution is 2.15. The average molecular weight is 220 g/mol. The third-order valence-corrected chi connectivity index (χ3v) is 1.68. The highest BCUT2D eigenvalue weighted by atomic mass is 19.4. The third kappa shape index (κ3) is 4.16. The zero-order valence-electron chi connectivity index (χ0n) is 8.14. The van der Waals surface area contributed by atoms with E-state index in [1.807, 2.05) is 0 Å². The molecule has 0 aliphatic carbocycles. The van der Waals surface area contributed by atoms with Gasteiger partial charge in [0.2, 0.25) is 5.88 Å². The van der Waals surface area contributed by atoms with Crippen LogP contribution in [-0.4, -0.2) is 24.8 Å². The molecule has 1 N–H and O–H groups in total. The van der Waals surface area contributed by atoms with E-state index < -0.39 is 12.7 Å². The number of aromatic nitrogens is 1. The van der Waals surface area contributed by atoms with E-state index in [4.69, 9.17) is 4.74 Å². The molecular weight excluding hydrogens is 209 g/mol. The van der Waals surface area contributed by atoms with E-state index in [1.165, 1.54) is 13.3 Å². The molecule has 1 aromatic rings. The molecule has 0 radical (unpaired) electrons. The first-order chi connectivity index (χ1) is 7.03. The van der Waals surface area contributed by atoms with Crippen LogP contribution in [0.2, 0.25) is 0 Å². The van der Waals surface area contributed by atoms with Gasteiger partial charge in [-0.15, -0.1) is 0 Å². The monoisotopic (exact) mass is 220 g/mol. The zero-order valence-corrected chi connectivity index (χ0v) is 8.14. The van der Waals surface area contributed by atoms with Crippen LogP contribution in [-0.2, 0) is 6.54 Å². The molecule has 0 aliphatic rings. The summed E-state index contributed by atoms with van der Waals surface area (Å²) in [5, 5.41) is 2.27. The highest BCUT2D eigenvalue weighted by molar-refractivity contribution is 5.24. The van der Waals surface area contributed by atoms with Crippen molar-refractivity contribution in [2.24, 2.45) is 0 Å². The fourth-order valence-electron chi connectivity index (χ4n) is 1.08. The van der Waals surface area contributed by atoms with Crippen molar-refractivity contribution in [3.8, 4) is 5.88 Å². The number of nitrogens with one attached hydrogen (secondary N) is 1. The Bertz CT molecular complexity index is 314. The molecule has 0 aliphatic heterocycles. The van der Waals surface area contributed by atoms with E-state index in [2.05, 4.69) is 10.3 Å². The molecule has 0 saturated carbocycles. The van der Waals surface area contributed by atoms with Crippen LogP contribution in [0.5, 0.6) is 5.88 Å². The summed E-state index contributed by atoms with van der Waals surface area (Å²) in [5.41, 5.74) is 0.601. The lowest BCUT2D eigenvalue weighted by Gasteiger charge is -2.09. The van der Waals surface area contributed by atoms with Gasteiger partial charge in [-0.3, -0.25) is 0 Å². The van der Waals surface area contributed by atoms with Gasteiger partial charge < -0.3 is 10.1 Å². The molecule has 3 nitrogen and oxygen atoms in total. The summed E-state index contributed by atoms with van der Waals surface area (Å²) in [5.74, 6) is 0.340. The Morgan fingerprint density at radius 3 is 2.80 bits per heavy atom. The lowest BCUT2D eigenvalue weighted by molar-refractivity contribution is -0.125. The average Bonchev–Trinajstić information content (AvgIpc) is 2.16. The number of halogens is 3. The second kappa shape index (κ2) is 4.97. The van der Waals surface area contributed by atoms with Crippen LogP contribution < -0.4 is 10.1 Å². The summed E-state index contributed by atoms with van der Waals surface area (Å²) in [6, 6.07) is 3.31. The second-order valence-electron chi connectivity index (χ2n) is 2.89. The van der Waals surface area contributed by atoms with E-state index in [0.29, 0.717) is 11.4 Å². The maximum Gasteiger partial charge on any atom is 0.401 e. The largest absolute Gasteiger partial charge is 0.481 e. The number of alkyl halides is 3. The quantitative estimate of drug-likeness (QED) is 0.839. The van der Waals surface area contributed by atoms with Crippen molar-refractivity contribution in [3.63, 3.8) is 0 Å².